The van der Waals surface area contributed by atoms with Crippen LogP contribution >= 0.6 is 0 Å². The molecule has 6 nitrogen and oxygen atoms in total. The van der Waals surface area contributed by atoms with Gasteiger partial charge in [0.05, 0.1) is 7.11 Å². The van der Waals surface area contributed by atoms with E-state index in [1.165, 1.54) is 52.1 Å². The Balaban J connectivity index is 4.04. The van der Waals surface area contributed by atoms with Crippen LogP contribution in [0.3, 0.4) is 0 Å². The van der Waals surface area contributed by atoms with Gasteiger partial charge in [-0.3, -0.25) is 14.4 Å². The lowest BCUT2D eigenvalue weighted by atomic mass is 10.0. The maximum atomic E-state index is 12.4. The number of amides is 2. The van der Waals surface area contributed by atoms with Crippen molar-refractivity contribution in [2.75, 3.05) is 13.7 Å². The van der Waals surface area contributed by atoms with E-state index in [4.69, 9.17) is 0 Å². The summed E-state index contributed by atoms with van der Waals surface area (Å²) < 4.78 is 4.59. The summed E-state index contributed by atoms with van der Waals surface area (Å²) in [7, 11) is 1.35. The normalized spacial score (nSPS) is 11.9. The predicted octanol–water partition coefficient (Wildman–Crippen LogP) is 4.51. The molecule has 0 aromatic rings. The zero-order valence-corrected chi connectivity index (χ0v) is 19.2. The Kier molecular flexibility index (Phi) is 17.4. The lowest BCUT2D eigenvalue weighted by Gasteiger charge is -2.20. The van der Waals surface area contributed by atoms with Crippen molar-refractivity contribution in [1.29, 1.82) is 0 Å². The fourth-order valence-electron chi connectivity index (χ4n) is 3.24. The first kappa shape index (κ1) is 27.4. The standard InChI is InChI=1S/C23H44N2O4/c1-5-6-7-8-9-10-11-12-13-15-21(26)25-20(18-19(2)3)23(28)24-17-14-16-22(27)29-4/h19-20H,5-18H2,1-4H3,(H,24,28)(H,25,26). The average molecular weight is 413 g/mol. The first-order valence-corrected chi connectivity index (χ1v) is 11.5. The van der Waals surface area contributed by atoms with E-state index in [1.54, 1.807) is 0 Å². The van der Waals surface area contributed by atoms with E-state index in [0.29, 0.717) is 31.7 Å². The molecule has 0 saturated carbocycles. The number of esters is 1. The maximum Gasteiger partial charge on any atom is 0.305 e. The van der Waals surface area contributed by atoms with Gasteiger partial charge in [-0.1, -0.05) is 72.1 Å². The molecule has 2 amide bonds. The van der Waals surface area contributed by atoms with Crippen LogP contribution in [0.25, 0.3) is 0 Å². The molecule has 0 aromatic carbocycles. The van der Waals surface area contributed by atoms with E-state index in [0.717, 1.165) is 12.8 Å². The smallest absolute Gasteiger partial charge is 0.305 e. The molecule has 1 atom stereocenters. The minimum absolute atomic E-state index is 0.0525. The Hall–Kier alpha value is -1.59. The largest absolute Gasteiger partial charge is 0.469 e. The number of hydrogen-bond donors (Lipinski definition) is 2. The van der Waals surface area contributed by atoms with Crippen LogP contribution in [0.2, 0.25) is 0 Å². The summed E-state index contributed by atoms with van der Waals surface area (Å²) in [4.78, 5) is 35.8. The molecule has 0 saturated heterocycles. The molecule has 1 unspecified atom stereocenters. The number of hydrogen-bond acceptors (Lipinski definition) is 4. The Morgan fingerprint density at radius 2 is 1.41 bits per heavy atom. The first-order valence-electron chi connectivity index (χ1n) is 11.5. The van der Waals surface area contributed by atoms with Gasteiger partial charge in [-0.05, 0) is 25.2 Å². The monoisotopic (exact) mass is 412 g/mol. The average Bonchev–Trinajstić information content (AvgIpc) is 2.68. The SMILES string of the molecule is CCCCCCCCCCCC(=O)NC(CC(C)C)C(=O)NCCCC(=O)OC. The summed E-state index contributed by atoms with van der Waals surface area (Å²) in [5.74, 6) is -0.214. The van der Waals surface area contributed by atoms with Crippen LogP contribution in [-0.4, -0.2) is 37.5 Å². The summed E-state index contributed by atoms with van der Waals surface area (Å²) in [5, 5.41) is 5.71. The molecule has 170 valence electrons. The molecule has 0 bridgehead atoms. The number of rotatable bonds is 18. The molecule has 6 heteroatoms. The Morgan fingerprint density at radius 3 is 1.97 bits per heavy atom. The molecular weight excluding hydrogens is 368 g/mol. The van der Waals surface area contributed by atoms with Crippen molar-refractivity contribution in [1.82, 2.24) is 10.6 Å². The summed E-state index contributed by atoms with van der Waals surface area (Å²) in [6.45, 7) is 6.69. The Labute approximate surface area is 177 Å². The van der Waals surface area contributed by atoms with Gasteiger partial charge in [0.1, 0.15) is 6.04 Å². The van der Waals surface area contributed by atoms with Crippen molar-refractivity contribution in [3.05, 3.63) is 0 Å². The maximum absolute atomic E-state index is 12.4. The summed E-state index contributed by atoms with van der Waals surface area (Å²) in [5.41, 5.74) is 0. The number of carbonyl (C=O) groups is 3. The van der Waals surface area contributed by atoms with Crippen LogP contribution in [0.5, 0.6) is 0 Å². The highest BCUT2D eigenvalue weighted by Crippen LogP contribution is 2.11. The molecule has 0 radical (unpaired) electrons. The predicted molar refractivity (Wildman–Crippen MR) is 117 cm³/mol. The Bertz CT molecular complexity index is 452. The molecule has 0 aliphatic rings. The van der Waals surface area contributed by atoms with Crippen molar-refractivity contribution >= 4 is 17.8 Å². The number of carbonyl (C=O) groups excluding carboxylic acids is 3. The molecule has 0 spiro atoms. The second kappa shape index (κ2) is 18.4. The molecule has 0 heterocycles. The minimum atomic E-state index is -0.515. The van der Waals surface area contributed by atoms with E-state index in [1.807, 2.05) is 13.8 Å². The van der Waals surface area contributed by atoms with Crippen molar-refractivity contribution in [2.24, 2.45) is 5.92 Å². The number of ether oxygens (including phenoxy) is 1. The van der Waals surface area contributed by atoms with Crippen LogP contribution in [0.15, 0.2) is 0 Å². The fraction of sp³-hybridized carbons (Fsp3) is 0.870. The summed E-state index contributed by atoms with van der Waals surface area (Å²) in [6, 6.07) is -0.515. The van der Waals surface area contributed by atoms with Gasteiger partial charge in [-0.2, -0.15) is 0 Å². The van der Waals surface area contributed by atoms with E-state index >= 15 is 0 Å². The van der Waals surface area contributed by atoms with Crippen molar-refractivity contribution in [3.63, 3.8) is 0 Å². The van der Waals surface area contributed by atoms with Crippen molar-refractivity contribution in [2.45, 2.75) is 110 Å². The third-order valence-corrected chi connectivity index (χ3v) is 4.95. The lowest BCUT2D eigenvalue weighted by Crippen LogP contribution is -2.47. The van der Waals surface area contributed by atoms with E-state index in [9.17, 15) is 14.4 Å². The third kappa shape index (κ3) is 17.0. The number of unbranched alkanes of at least 4 members (excludes halogenated alkanes) is 8. The number of methoxy groups -OCH3 is 1. The molecule has 0 aliphatic carbocycles. The second-order valence-corrected chi connectivity index (χ2v) is 8.30. The topological polar surface area (TPSA) is 84.5 Å². The van der Waals surface area contributed by atoms with Gasteiger partial charge in [0.15, 0.2) is 0 Å². The Morgan fingerprint density at radius 1 is 0.828 bits per heavy atom. The van der Waals surface area contributed by atoms with Crippen molar-refractivity contribution in [3.8, 4) is 0 Å². The van der Waals surface area contributed by atoms with Gasteiger partial charge in [-0.15, -0.1) is 0 Å². The number of nitrogens with one attached hydrogen (secondary N) is 2. The van der Waals surface area contributed by atoms with E-state index in [2.05, 4.69) is 22.3 Å². The van der Waals surface area contributed by atoms with Gasteiger partial charge < -0.3 is 15.4 Å². The van der Waals surface area contributed by atoms with Gasteiger partial charge >= 0.3 is 5.97 Å². The van der Waals surface area contributed by atoms with Crippen LogP contribution in [0.1, 0.15) is 104 Å². The third-order valence-electron chi connectivity index (χ3n) is 4.95. The highest BCUT2D eigenvalue weighted by Gasteiger charge is 2.21. The van der Waals surface area contributed by atoms with Gasteiger partial charge in [-0.25, -0.2) is 0 Å². The zero-order chi connectivity index (χ0) is 21.9. The van der Waals surface area contributed by atoms with E-state index < -0.39 is 6.04 Å². The van der Waals surface area contributed by atoms with Crippen molar-refractivity contribution < 1.29 is 19.1 Å². The molecule has 0 aliphatic heterocycles. The van der Waals surface area contributed by atoms with Crippen LogP contribution in [0.4, 0.5) is 0 Å². The highest BCUT2D eigenvalue weighted by atomic mass is 16.5. The van der Waals surface area contributed by atoms with Gasteiger partial charge in [0, 0.05) is 19.4 Å². The summed E-state index contributed by atoms with van der Waals surface area (Å²) >= 11 is 0. The highest BCUT2D eigenvalue weighted by molar-refractivity contribution is 5.87. The fourth-order valence-corrected chi connectivity index (χ4v) is 3.24. The lowest BCUT2D eigenvalue weighted by molar-refractivity contribution is -0.140. The molecule has 0 rings (SSSR count). The van der Waals surface area contributed by atoms with Gasteiger partial charge in [0.2, 0.25) is 11.8 Å². The second-order valence-electron chi connectivity index (χ2n) is 8.30. The summed E-state index contributed by atoms with van der Waals surface area (Å²) in [6.07, 6.45) is 12.8. The first-order chi connectivity index (χ1) is 13.9. The molecular formula is C23H44N2O4. The minimum Gasteiger partial charge on any atom is -0.469 e. The quantitative estimate of drug-likeness (QED) is 0.256. The van der Waals surface area contributed by atoms with Crippen LogP contribution in [0, 0.1) is 5.92 Å². The van der Waals surface area contributed by atoms with Gasteiger partial charge in [0.25, 0.3) is 0 Å². The van der Waals surface area contributed by atoms with Crippen LogP contribution in [-0.2, 0) is 19.1 Å². The van der Waals surface area contributed by atoms with E-state index in [-0.39, 0.29) is 24.2 Å². The molecule has 29 heavy (non-hydrogen) atoms. The molecule has 0 aromatic heterocycles. The van der Waals surface area contributed by atoms with Crippen LogP contribution < -0.4 is 10.6 Å². The molecule has 0 fully saturated rings. The zero-order valence-electron chi connectivity index (χ0n) is 19.2. The molecule has 2 N–H and O–H groups in total.